The Morgan fingerprint density at radius 3 is 2.38 bits per heavy atom. The predicted octanol–water partition coefficient (Wildman–Crippen LogP) is 5.25. The van der Waals surface area contributed by atoms with Crippen LogP contribution in [0.25, 0.3) is 11.0 Å². The minimum absolute atomic E-state index is 0.558. The van der Waals surface area contributed by atoms with Crippen LogP contribution < -0.4 is 4.74 Å². The molecule has 2 aliphatic rings. The van der Waals surface area contributed by atoms with Crippen LogP contribution >= 0.6 is 11.6 Å². The second-order valence-electron chi connectivity index (χ2n) is 9.02. The Bertz CT molecular complexity index is 945. The van der Waals surface area contributed by atoms with Gasteiger partial charge in [-0.3, -0.25) is 0 Å². The lowest BCUT2D eigenvalue weighted by Crippen LogP contribution is -2.37. The molecule has 34 heavy (non-hydrogen) atoms. The normalized spacial score (nSPS) is 18.0. The first-order valence-electron chi connectivity index (χ1n) is 11.9. The summed E-state index contributed by atoms with van der Waals surface area (Å²) < 4.78 is 11.2. The van der Waals surface area contributed by atoms with E-state index in [0.717, 1.165) is 29.2 Å². The molecule has 0 radical (unpaired) electrons. The minimum atomic E-state index is -1.26. The lowest BCUT2D eigenvalue weighted by molar-refractivity contribution is -0.134. The van der Waals surface area contributed by atoms with Crippen molar-refractivity contribution in [3.05, 3.63) is 35.4 Å². The van der Waals surface area contributed by atoms with Gasteiger partial charge < -0.3 is 24.4 Å². The van der Waals surface area contributed by atoms with E-state index in [4.69, 9.17) is 31.1 Å². The molecule has 1 aliphatic heterocycles. The summed E-state index contributed by atoms with van der Waals surface area (Å²) >= 11 is 6.06. The first kappa shape index (κ1) is 26.0. The Morgan fingerprint density at radius 2 is 1.74 bits per heavy atom. The predicted molar refractivity (Wildman–Crippen MR) is 129 cm³/mol. The van der Waals surface area contributed by atoms with E-state index >= 15 is 0 Å². The van der Waals surface area contributed by atoms with E-state index in [9.17, 15) is 9.59 Å². The van der Waals surface area contributed by atoms with Gasteiger partial charge in [-0.25, -0.2) is 9.59 Å². The summed E-state index contributed by atoms with van der Waals surface area (Å²) in [6.45, 7) is 4.53. The molecule has 8 nitrogen and oxygen atoms in total. The van der Waals surface area contributed by atoms with E-state index < -0.39 is 11.9 Å². The molecule has 1 aromatic carbocycles. The Kier molecular flexibility index (Phi) is 10.2. The third kappa shape index (κ3) is 8.65. The Balaban J connectivity index is 0.000000350. The van der Waals surface area contributed by atoms with Gasteiger partial charge in [-0.15, -0.1) is 0 Å². The number of aromatic nitrogens is 1. The number of carboxylic acids is 2. The topological polar surface area (TPSA) is 113 Å². The number of benzene rings is 1. The maximum absolute atomic E-state index is 9.55. The number of hydrogen-bond acceptors (Lipinski definition) is 6. The number of nitrogens with zero attached hydrogens (tertiary/aromatic N) is 2. The van der Waals surface area contributed by atoms with Gasteiger partial charge in [0.05, 0.1) is 12.0 Å². The van der Waals surface area contributed by atoms with Crippen molar-refractivity contribution in [2.24, 2.45) is 11.8 Å². The van der Waals surface area contributed by atoms with E-state index in [-0.39, 0.29) is 0 Å². The zero-order valence-corrected chi connectivity index (χ0v) is 20.1. The maximum Gasteiger partial charge on any atom is 0.328 e. The molecule has 0 spiro atoms. The van der Waals surface area contributed by atoms with E-state index in [1.807, 2.05) is 12.1 Å². The van der Waals surface area contributed by atoms with Crippen LogP contribution in [0.4, 0.5) is 0 Å². The summed E-state index contributed by atoms with van der Waals surface area (Å²) in [4.78, 5) is 21.8. The lowest BCUT2D eigenvalue weighted by Gasteiger charge is -2.35. The van der Waals surface area contributed by atoms with Crippen molar-refractivity contribution in [1.82, 2.24) is 10.1 Å². The van der Waals surface area contributed by atoms with Crippen LogP contribution in [0.5, 0.6) is 5.88 Å². The van der Waals surface area contributed by atoms with Crippen LogP contribution in [-0.2, 0) is 9.59 Å². The molecule has 0 unspecified atom stereocenters. The minimum Gasteiger partial charge on any atom is -0.478 e. The second-order valence-corrected chi connectivity index (χ2v) is 9.46. The fraction of sp³-hybridized carbons (Fsp3) is 0.560. The van der Waals surface area contributed by atoms with Crippen molar-refractivity contribution in [2.45, 2.75) is 51.4 Å². The first-order valence-corrected chi connectivity index (χ1v) is 12.3. The van der Waals surface area contributed by atoms with Gasteiger partial charge in [0, 0.05) is 23.7 Å². The van der Waals surface area contributed by atoms with Crippen LogP contribution in [0.2, 0.25) is 5.02 Å². The average molecular weight is 493 g/mol. The summed E-state index contributed by atoms with van der Waals surface area (Å²) in [5.41, 5.74) is 0.723. The molecule has 0 amide bonds. The number of ether oxygens (including phenoxy) is 1. The van der Waals surface area contributed by atoms with Crippen molar-refractivity contribution in [1.29, 1.82) is 0 Å². The molecule has 9 heteroatoms. The fourth-order valence-corrected chi connectivity index (χ4v) is 4.82. The summed E-state index contributed by atoms with van der Waals surface area (Å²) in [7, 11) is 0. The maximum atomic E-state index is 9.55. The molecule has 186 valence electrons. The zero-order valence-electron chi connectivity index (χ0n) is 19.3. The summed E-state index contributed by atoms with van der Waals surface area (Å²) in [6, 6.07) is 5.49. The molecule has 0 bridgehead atoms. The Morgan fingerprint density at radius 1 is 1.06 bits per heavy atom. The number of piperidine rings is 1. The third-order valence-electron chi connectivity index (χ3n) is 6.48. The molecular weight excluding hydrogens is 460 g/mol. The molecule has 1 aromatic heterocycles. The van der Waals surface area contributed by atoms with E-state index in [0.29, 0.717) is 29.7 Å². The van der Waals surface area contributed by atoms with Crippen molar-refractivity contribution in [3.63, 3.8) is 0 Å². The quantitative estimate of drug-likeness (QED) is 0.480. The van der Waals surface area contributed by atoms with Gasteiger partial charge in [0.2, 0.25) is 0 Å². The molecule has 2 N–H and O–H groups in total. The van der Waals surface area contributed by atoms with Crippen molar-refractivity contribution < 1.29 is 29.1 Å². The van der Waals surface area contributed by atoms with Crippen LogP contribution in [-0.4, -0.2) is 58.4 Å². The van der Waals surface area contributed by atoms with Gasteiger partial charge >= 0.3 is 11.9 Å². The smallest absolute Gasteiger partial charge is 0.328 e. The van der Waals surface area contributed by atoms with Crippen LogP contribution in [0.1, 0.15) is 51.4 Å². The SMILES string of the molecule is Clc1ccc2onc(OCCC3CCN(CC4CCCCC4)CC3)c2c1.O=C(O)C=CC(=O)O. The molecule has 2 fully saturated rings. The number of likely N-dealkylation sites (tertiary alicyclic amines) is 1. The average Bonchev–Trinajstić information content (AvgIpc) is 3.22. The second kappa shape index (κ2) is 13.3. The molecular formula is C25H33ClN2O6. The molecule has 4 rings (SSSR count). The van der Waals surface area contributed by atoms with Crippen molar-refractivity contribution in [2.75, 3.05) is 26.2 Å². The number of aliphatic carboxylic acids is 2. The Hall–Kier alpha value is -2.58. The highest BCUT2D eigenvalue weighted by molar-refractivity contribution is 6.31. The summed E-state index contributed by atoms with van der Waals surface area (Å²) in [6.07, 6.45) is 12.0. The third-order valence-corrected chi connectivity index (χ3v) is 6.72. The van der Waals surface area contributed by atoms with Gasteiger partial charge in [-0.05, 0) is 80.4 Å². The first-order chi connectivity index (χ1) is 16.4. The van der Waals surface area contributed by atoms with Gasteiger partial charge in [0.1, 0.15) is 0 Å². The van der Waals surface area contributed by atoms with Crippen LogP contribution in [0.3, 0.4) is 0 Å². The van der Waals surface area contributed by atoms with Gasteiger partial charge in [0.25, 0.3) is 5.88 Å². The number of halogens is 1. The van der Waals surface area contributed by atoms with E-state index in [1.165, 1.54) is 64.6 Å². The van der Waals surface area contributed by atoms with Gasteiger partial charge in [-0.1, -0.05) is 30.9 Å². The molecule has 2 heterocycles. The number of fused-ring (bicyclic) bond motifs is 1. The lowest BCUT2D eigenvalue weighted by atomic mass is 9.87. The number of carbonyl (C=O) groups is 2. The van der Waals surface area contributed by atoms with Gasteiger partial charge in [-0.2, -0.15) is 0 Å². The van der Waals surface area contributed by atoms with E-state index in [2.05, 4.69) is 10.1 Å². The summed E-state index contributed by atoms with van der Waals surface area (Å²) in [5, 5.41) is 21.2. The largest absolute Gasteiger partial charge is 0.478 e. The fourth-order valence-electron chi connectivity index (χ4n) is 4.65. The standard InChI is InChI=1S/C21H29ClN2O2.C4H4O4/c22-18-6-7-20-19(14-18)21(23-26-20)25-13-10-16-8-11-24(12-9-16)15-17-4-2-1-3-5-17;5-3(6)1-2-4(7)8/h6-7,14,16-17H,1-5,8-13,15H2;1-2H,(H,5,6)(H,7,8). The number of carboxylic acid groups (broad SMARTS) is 2. The number of hydrogen-bond donors (Lipinski definition) is 2. The monoisotopic (exact) mass is 492 g/mol. The molecule has 0 atom stereocenters. The van der Waals surface area contributed by atoms with Crippen molar-refractivity contribution in [3.8, 4) is 5.88 Å². The van der Waals surface area contributed by atoms with E-state index in [1.54, 1.807) is 6.07 Å². The van der Waals surface area contributed by atoms with Gasteiger partial charge in [0.15, 0.2) is 5.58 Å². The van der Waals surface area contributed by atoms with Crippen LogP contribution in [0.15, 0.2) is 34.9 Å². The van der Waals surface area contributed by atoms with Crippen molar-refractivity contribution >= 4 is 34.5 Å². The molecule has 1 saturated heterocycles. The highest BCUT2D eigenvalue weighted by atomic mass is 35.5. The molecule has 1 saturated carbocycles. The molecule has 1 aliphatic carbocycles. The van der Waals surface area contributed by atoms with Crippen LogP contribution in [0, 0.1) is 11.8 Å². The Labute approximate surface area is 204 Å². The zero-order chi connectivity index (χ0) is 24.3. The highest BCUT2D eigenvalue weighted by Gasteiger charge is 2.23. The summed E-state index contributed by atoms with van der Waals surface area (Å²) in [5.74, 6) is -0.229. The molecule has 2 aromatic rings. The highest BCUT2D eigenvalue weighted by Crippen LogP contribution is 2.29. The number of rotatable bonds is 8.